The lowest BCUT2D eigenvalue weighted by Gasteiger charge is -2.24. The third-order valence-corrected chi connectivity index (χ3v) is 4.68. The zero-order valence-electron chi connectivity index (χ0n) is 18.9. The van der Waals surface area contributed by atoms with Gasteiger partial charge in [0.2, 0.25) is 29.5 Å². The fraction of sp³-hybridized carbons (Fsp3) is 0.474. The number of H-pyrrole nitrogens is 1. The van der Waals surface area contributed by atoms with Gasteiger partial charge in [0.15, 0.2) is 0 Å². The summed E-state index contributed by atoms with van der Waals surface area (Å²) in [5.74, 6) is -7.75. The van der Waals surface area contributed by atoms with Crippen LogP contribution in [0.15, 0.2) is 12.5 Å². The number of aromatic amines is 1. The molecule has 0 aliphatic rings. The number of carbonyl (C=O) groups excluding carboxylic acids is 5. The van der Waals surface area contributed by atoms with Gasteiger partial charge in [-0.25, -0.2) is 9.78 Å². The molecule has 17 nitrogen and oxygen atoms in total. The number of carbonyl (C=O) groups is 7. The van der Waals surface area contributed by atoms with Crippen molar-refractivity contribution in [3.8, 4) is 0 Å². The number of aliphatic carboxylic acids is 2. The summed E-state index contributed by atoms with van der Waals surface area (Å²) >= 11 is 0. The number of rotatable bonds is 16. The Morgan fingerprint density at radius 2 is 1.44 bits per heavy atom. The number of primary amides is 2. The molecule has 12 N–H and O–H groups in total. The molecule has 4 atom stereocenters. The van der Waals surface area contributed by atoms with Crippen LogP contribution in [-0.4, -0.2) is 85.8 Å². The second-order valence-corrected chi connectivity index (χ2v) is 7.68. The molecule has 0 radical (unpaired) electrons. The first kappa shape index (κ1) is 29.5. The molecule has 17 heteroatoms. The van der Waals surface area contributed by atoms with Crippen LogP contribution in [0.3, 0.4) is 0 Å². The normalized spacial score (nSPS) is 13.9. The molecule has 0 spiro atoms. The van der Waals surface area contributed by atoms with E-state index in [1.54, 1.807) is 0 Å². The van der Waals surface area contributed by atoms with Crippen LogP contribution in [0.2, 0.25) is 0 Å². The number of aromatic nitrogens is 2. The second-order valence-electron chi connectivity index (χ2n) is 7.68. The third kappa shape index (κ3) is 10.6. The van der Waals surface area contributed by atoms with Crippen LogP contribution >= 0.6 is 0 Å². The minimum Gasteiger partial charge on any atom is -0.481 e. The van der Waals surface area contributed by atoms with Crippen LogP contribution < -0.4 is 33.2 Å². The first-order chi connectivity index (χ1) is 16.8. The first-order valence-electron chi connectivity index (χ1n) is 10.4. The van der Waals surface area contributed by atoms with Gasteiger partial charge in [0, 0.05) is 24.7 Å². The van der Waals surface area contributed by atoms with Crippen molar-refractivity contribution in [3.63, 3.8) is 0 Å². The van der Waals surface area contributed by atoms with E-state index in [1.807, 2.05) is 0 Å². The predicted molar refractivity (Wildman–Crippen MR) is 118 cm³/mol. The summed E-state index contributed by atoms with van der Waals surface area (Å²) in [4.78, 5) is 89.1. The third-order valence-electron chi connectivity index (χ3n) is 4.68. The zero-order chi connectivity index (χ0) is 27.4. The number of carboxylic acids is 2. The van der Waals surface area contributed by atoms with Crippen LogP contribution in [0.25, 0.3) is 0 Å². The van der Waals surface area contributed by atoms with E-state index >= 15 is 0 Å². The Morgan fingerprint density at radius 3 is 1.94 bits per heavy atom. The summed E-state index contributed by atoms with van der Waals surface area (Å²) in [6.07, 6.45) is 0.268. The average Bonchev–Trinajstić information content (AvgIpc) is 3.27. The molecule has 0 aliphatic heterocycles. The summed E-state index contributed by atoms with van der Waals surface area (Å²) < 4.78 is 0. The molecule has 0 saturated carbocycles. The Hall–Kier alpha value is -4.54. The highest BCUT2D eigenvalue weighted by Crippen LogP contribution is 2.04. The minimum atomic E-state index is -1.65. The maximum atomic E-state index is 13.0. The van der Waals surface area contributed by atoms with Crippen molar-refractivity contribution >= 4 is 41.5 Å². The molecule has 0 aromatic carbocycles. The van der Waals surface area contributed by atoms with E-state index in [9.17, 15) is 38.7 Å². The summed E-state index contributed by atoms with van der Waals surface area (Å²) in [5.41, 5.74) is 16.0. The molecular formula is C19H28N8O9. The molecule has 5 amide bonds. The van der Waals surface area contributed by atoms with E-state index in [2.05, 4.69) is 25.9 Å². The number of nitrogens with two attached hydrogens (primary N) is 3. The first-order valence-corrected chi connectivity index (χ1v) is 10.4. The minimum absolute atomic E-state index is 0.196. The molecule has 1 aromatic rings. The summed E-state index contributed by atoms with van der Waals surface area (Å²) in [5, 5.41) is 24.7. The highest BCUT2D eigenvalue weighted by Gasteiger charge is 2.32. The maximum Gasteiger partial charge on any atom is 0.326 e. The highest BCUT2D eigenvalue weighted by atomic mass is 16.4. The lowest BCUT2D eigenvalue weighted by atomic mass is 10.1. The van der Waals surface area contributed by atoms with E-state index < -0.39 is 78.5 Å². The number of nitrogens with one attached hydrogen (secondary N) is 4. The largest absolute Gasteiger partial charge is 0.481 e. The number of carboxylic acid groups (broad SMARTS) is 2. The lowest BCUT2D eigenvalue weighted by Crippen LogP contribution is -2.58. The smallest absolute Gasteiger partial charge is 0.326 e. The van der Waals surface area contributed by atoms with Gasteiger partial charge in [0.05, 0.1) is 25.2 Å². The van der Waals surface area contributed by atoms with Crippen LogP contribution in [0.1, 0.15) is 31.4 Å². The Balaban J connectivity index is 3.06. The Bertz CT molecular complexity index is 982. The molecule has 1 aromatic heterocycles. The van der Waals surface area contributed by atoms with Crippen molar-refractivity contribution in [3.05, 3.63) is 18.2 Å². The number of nitrogens with zero attached hydrogens (tertiary/aromatic N) is 1. The van der Waals surface area contributed by atoms with Gasteiger partial charge in [-0.05, 0) is 6.42 Å². The standard InChI is InChI=1S/C19H28N8O9/c20-9(4-15(30)31)16(32)26-11(3-8-6-23-7-24-8)17(33)27-12(5-14(22)29)18(34)25-10(19(35)36)1-2-13(21)28/h6-7,9-12H,1-5,20H2,(H2,21,28)(H2,22,29)(H,23,24)(H,25,34)(H,26,32)(H,27,33)(H,30,31)(H,35,36). The highest BCUT2D eigenvalue weighted by molar-refractivity contribution is 5.96. The van der Waals surface area contributed by atoms with E-state index in [4.69, 9.17) is 22.3 Å². The fourth-order valence-corrected chi connectivity index (χ4v) is 2.88. The topological polar surface area (TPSA) is 303 Å². The van der Waals surface area contributed by atoms with Gasteiger partial charge < -0.3 is 48.3 Å². The zero-order valence-corrected chi connectivity index (χ0v) is 18.9. The monoisotopic (exact) mass is 512 g/mol. The van der Waals surface area contributed by atoms with E-state index in [0.717, 1.165) is 0 Å². The van der Waals surface area contributed by atoms with Crippen molar-refractivity contribution in [1.82, 2.24) is 25.9 Å². The van der Waals surface area contributed by atoms with E-state index in [-0.39, 0.29) is 19.3 Å². The van der Waals surface area contributed by atoms with Crippen LogP contribution in [0.4, 0.5) is 0 Å². The Kier molecular flexibility index (Phi) is 11.5. The maximum absolute atomic E-state index is 13.0. The van der Waals surface area contributed by atoms with Crippen molar-refractivity contribution in [2.45, 2.75) is 56.3 Å². The molecule has 0 aliphatic carbocycles. The summed E-state index contributed by atoms with van der Waals surface area (Å²) in [6, 6.07) is -6.12. The van der Waals surface area contributed by atoms with E-state index in [0.29, 0.717) is 5.69 Å². The summed E-state index contributed by atoms with van der Waals surface area (Å²) in [7, 11) is 0. The van der Waals surface area contributed by atoms with Gasteiger partial charge in [0.1, 0.15) is 18.1 Å². The van der Waals surface area contributed by atoms with Crippen molar-refractivity contribution in [2.24, 2.45) is 17.2 Å². The van der Waals surface area contributed by atoms with Crippen molar-refractivity contribution < 1.29 is 43.8 Å². The number of imidazole rings is 1. The van der Waals surface area contributed by atoms with E-state index in [1.165, 1.54) is 12.5 Å². The number of amides is 5. The van der Waals surface area contributed by atoms with Crippen LogP contribution in [-0.2, 0) is 40.0 Å². The van der Waals surface area contributed by atoms with Gasteiger partial charge in [-0.2, -0.15) is 0 Å². The fourth-order valence-electron chi connectivity index (χ4n) is 2.88. The quantitative estimate of drug-likeness (QED) is 0.101. The SMILES string of the molecule is NC(=O)CCC(NC(=O)C(CC(N)=O)NC(=O)C(Cc1cnc[nH]1)NC(=O)C(N)CC(=O)O)C(=O)O. The van der Waals surface area contributed by atoms with Gasteiger partial charge in [-0.1, -0.05) is 0 Å². The molecule has 198 valence electrons. The molecule has 1 rings (SSSR count). The van der Waals surface area contributed by atoms with Gasteiger partial charge in [0.25, 0.3) is 0 Å². The number of hydrogen-bond acceptors (Lipinski definition) is 9. The van der Waals surface area contributed by atoms with Crippen molar-refractivity contribution in [1.29, 1.82) is 0 Å². The molecule has 36 heavy (non-hydrogen) atoms. The van der Waals surface area contributed by atoms with Gasteiger partial charge in [-0.3, -0.25) is 28.8 Å². The molecule has 0 bridgehead atoms. The van der Waals surface area contributed by atoms with Gasteiger partial charge in [-0.15, -0.1) is 0 Å². The molecule has 4 unspecified atom stereocenters. The number of hydrogen-bond donors (Lipinski definition) is 9. The molecule has 0 fully saturated rings. The average molecular weight is 512 g/mol. The predicted octanol–water partition coefficient (Wildman–Crippen LogP) is -4.57. The second kappa shape index (κ2) is 14.0. The van der Waals surface area contributed by atoms with Crippen LogP contribution in [0, 0.1) is 0 Å². The Labute approximate surface area is 203 Å². The molecule has 0 saturated heterocycles. The summed E-state index contributed by atoms with van der Waals surface area (Å²) in [6.45, 7) is 0. The Morgan fingerprint density at radius 1 is 0.861 bits per heavy atom. The molecule has 1 heterocycles. The van der Waals surface area contributed by atoms with Crippen molar-refractivity contribution in [2.75, 3.05) is 0 Å². The van der Waals surface area contributed by atoms with Crippen LogP contribution in [0.5, 0.6) is 0 Å². The molecular weight excluding hydrogens is 484 g/mol. The lowest BCUT2D eigenvalue weighted by molar-refractivity contribution is -0.142. The van der Waals surface area contributed by atoms with Gasteiger partial charge >= 0.3 is 11.9 Å².